The Morgan fingerprint density at radius 3 is 2.76 bits per heavy atom. The molecule has 0 spiro atoms. The average molecular weight is 305 g/mol. The van der Waals surface area contributed by atoms with E-state index in [0.29, 0.717) is 0 Å². The third-order valence-corrected chi connectivity index (χ3v) is 4.35. The number of rotatable bonds is 5. The summed E-state index contributed by atoms with van der Waals surface area (Å²) < 4.78 is 2.04. The van der Waals surface area contributed by atoms with Gasteiger partial charge in [-0.25, -0.2) is 4.98 Å². The summed E-state index contributed by atoms with van der Waals surface area (Å²) in [5, 5.41) is 7.79. The van der Waals surface area contributed by atoms with Crippen LogP contribution >= 0.6 is 11.3 Å². The van der Waals surface area contributed by atoms with Crippen LogP contribution in [0.2, 0.25) is 0 Å². The maximum Gasteiger partial charge on any atom is 0.191 e. The van der Waals surface area contributed by atoms with Crippen LogP contribution in [0.25, 0.3) is 0 Å². The number of hydrogen-bond acceptors (Lipinski definition) is 3. The van der Waals surface area contributed by atoms with Gasteiger partial charge in [0, 0.05) is 50.9 Å². The first kappa shape index (κ1) is 15.6. The summed E-state index contributed by atoms with van der Waals surface area (Å²) in [5.41, 5.74) is 2.39. The molecule has 2 rings (SSSR count). The molecule has 0 atom stereocenters. The molecule has 0 aliphatic carbocycles. The number of aryl methyl sites for hydroxylation is 3. The van der Waals surface area contributed by atoms with E-state index in [4.69, 9.17) is 0 Å². The molecule has 114 valence electrons. The third-order valence-electron chi connectivity index (χ3n) is 3.22. The first-order chi connectivity index (χ1) is 10.1. The highest BCUT2D eigenvalue weighted by atomic mass is 32.1. The van der Waals surface area contributed by atoms with Gasteiger partial charge in [0.1, 0.15) is 0 Å². The summed E-state index contributed by atoms with van der Waals surface area (Å²) in [6.07, 6.45) is 5.12. The number of nitrogens with one attached hydrogen (secondary N) is 2. The second-order valence-electron chi connectivity index (χ2n) is 5.03. The molecule has 2 aromatic rings. The molecule has 0 aliphatic heterocycles. The second kappa shape index (κ2) is 7.26. The van der Waals surface area contributed by atoms with Crippen molar-refractivity contribution in [1.29, 1.82) is 0 Å². The number of guanidine groups is 1. The molecule has 0 saturated heterocycles. The summed E-state index contributed by atoms with van der Waals surface area (Å²) in [4.78, 5) is 10.0. The Bertz CT molecular complexity index is 611. The van der Waals surface area contributed by atoms with Crippen molar-refractivity contribution in [1.82, 2.24) is 20.2 Å². The fraction of sp³-hybridized carbons (Fsp3) is 0.467. The smallest absolute Gasteiger partial charge is 0.191 e. The van der Waals surface area contributed by atoms with Gasteiger partial charge in [0.2, 0.25) is 0 Å². The molecule has 2 N–H and O–H groups in total. The molecular weight excluding hydrogens is 282 g/mol. The molecule has 0 aliphatic rings. The van der Waals surface area contributed by atoms with Crippen molar-refractivity contribution in [2.45, 2.75) is 26.8 Å². The fourth-order valence-electron chi connectivity index (χ4n) is 2.17. The zero-order valence-electron chi connectivity index (χ0n) is 13.1. The largest absolute Gasteiger partial charge is 0.357 e. The minimum Gasteiger partial charge on any atom is -0.357 e. The standard InChI is InChI=1S/C15H23N5S/c1-11-14(21-12(2)19-11)5-7-17-15(16-3)18-9-13-6-8-20(4)10-13/h6,8,10H,5,7,9H2,1-4H3,(H2,16,17,18). The van der Waals surface area contributed by atoms with Gasteiger partial charge in [-0.2, -0.15) is 0 Å². The molecular formula is C15H23N5S. The summed E-state index contributed by atoms with van der Waals surface area (Å²) in [7, 11) is 3.82. The van der Waals surface area contributed by atoms with Gasteiger partial charge in [0.15, 0.2) is 5.96 Å². The number of hydrogen-bond donors (Lipinski definition) is 2. The van der Waals surface area contributed by atoms with Crippen molar-refractivity contribution >= 4 is 17.3 Å². The topological polar surface area (TPSA) is 54.2 Å². The van der Waals surface area contributed by atoms with E-state index < -0.39 is 0 Å². The van der Waals surface area contributed by atoms with Crippen LogP contribution in [0.3, 0.4) is 0 Å². The summed E-state index contributed by atoms with van der Waals surface area (Å²) in [6.45, 7) is 5.76. The van der Waals surface area contributed by atoms with Crippen molar-refractivity contribution in [2.75, 3.05) is 13.6 Å². The van der Waals surface area contributed by atoms with Crippen LogP contribution in [0.4, 0.5) is 0 Å². The first-order valence-corrected chi connectivity index (χ1v) is 7.88. The normalized spacial score (nSPS) is 11.7. The van der Waals surface area contributed by atoms with Crippen LogP contribution in [0, 0.1) is 13.8 Å². The monoisotopic (exact) mass is 305 g/mol. The van der Waals surface area contributed by atoms with E-state index in [1.54, 1.807) is 18.4 Å². The molecule has 6 heteroatoms. The Morgan fingerprint density at radius 2 is 2.19 bits per heavy atom. The quantitative estimate of drug-likeness (QED) is 0.656. The minimum atomic E-state index is 0.777. The number of aliphatic imine (C=N–C) groups is 1. The van der Waals surface area contributed by atoms with E-state index in [1.807, 2.05) is 17.8 Å². The molecule has 21 heavy (non-hydrogen) atoms. The Morgan fingerprint density at radius 1 is 1.38 bits per heavy atom. The van der Waals surface area contributed by atoms with Gasteiger partial charge in [-0.05, 0) is 25.5 Å². The first-order valence-electron chi connectivity index (χ1n) is 7.06. The zero-order valence-corrected chi connectivity index (χ0v) is 13.9. The lowest BCUT2D eigenvalue weighted by Crippen LogP contribution is -2.37. The second-order valence-corrected chi connectivity index (χ2v) is 6.32. The fourth-order valence-corrected chi connectivity index (χ4v) is 3.11. The Kier molecular flexibility index (Phi) is 5.38. The number of nitrogens with zero attached hydrogens (tertiary/aromatic N) is 3. The van der Waals surface area contributed by atoms with Gasteiger partial charge in [0.05, 0.1) is 10.7 Å². The average Bonchev–Trinajstić information content (AvgIpc) is 2.99. The Balaban J connectivity index is 1.76. The third kappa shape index (κ3) is 4.60. The highest BCUT2D eigenvalue weighted by Gasteiger charge is 2.05. The molecule has 0 fully saturated rings. The van der Waals surface area contributed by atoms with Gasteiger partial charge in [0.25, 0.3) is 0 Å². The van der Waals surface area contributed by atoms with Crippen molar-refractivity contribution in [3.8, 4) is 0 Å². The van der Waals surface area contributed by atoms with Crippen LogP contribution in [0.15, 0.2) is 23.5 Å². The van der Waals surface area contributed by atoms with Crippen LogP contribution in [-0.4, -0.2) is 29.1 Å². The van der Waals surface area contributed by atoms with Gasteiger partial charge < -0.3 is 15.2 Å². The zero-order chi connectivity index (χ0) is 15.2. The summed E-state index contributed by atoms with van der Waals surface area (Å²) >= 11 is 1.77. The predicted octanol–water partition coefficient (Wildman–Crippen LogP) is 2.01. The molecule has 0 bridgehead atoms. The van der Waals surface area contributed by atoms with Crippen molar-refractivity contribution in [3.63, 3.8) is 0 Å². The lowest BCUT2D eigenvalue weighted by molar-refractivity contribution is 0.794. The molecule has 0 aromatic carbocycles. The SMILES string of the molecule is CN=C(NCCc1sc(C)nc1C)NCc1ccn(C)c1. The highest BCUT2D eigenvalue weighted by molar-refractivity contribution is 7.11. The van der Waals surface area contributed by atoms with Crippen molar-refractivity contribution in [2.24, 2.45) is 12.0 Å². The predicted molar refractivity (Wildman–Crippen MR) is 88.9 cm³/mol. The van der Waals surface area contributed by atoms with E-state index in [0.717, 1.165) is 36.2 Å². The molecule has 0 radical (unpaired) electrons. The Hall–Kier alpha value is -1.82. The minimum absolute atomic E-state index is 0.777. The van der Waals surface area contributed by atoms with Crippen LogP contribution in [-0.2, 0) is 20.0 Å². The van der Waals surface area contributed by atoms with E-state index in [-0.39, 0.29) is 0 Å². The van der Waals surface area contributed by atoms with Crippen molar-refractivity contribution in [3.05, 3.63) is 39.6 Å². The van der Waals surface area contributed by atoms with Gasteiger partial charge in [-0.3, -0.25) is 4.99 Å². The van der Waals surface area contributed by atoms with E-state index in [2.05, 4.69) is 46.7 Å². The van der Waals surface area contributed by atoms with Crippen LogP contribution < -0.4 is 10.6 Å². The summed E-state index contributed by atoms with van der Waals surface area (Å²) in [6, 6.07) is 2.10. The molecule has 5 nitrogen and oxygen atoms in total. The summed E-state index contributed by atoms with van der Waals surface area (Å²) in [5.74, 6) is 0.831. The van der Waals surface area contributed by atoms with E-state index >= 15 is 0 Å². The van der Waals surface area contributed by atoms with Crippen molar-refractivity contribution < 1.29 is 0 Å². The maximum absolute atomic E-state index is 4.45. The lowest BCUT2D eigenvalue weighted by Gasteiger charge is -2.11. The van der Waals surface area contributed by atoms with Gasteiger partial charge in [-0.1, -0.05) is 0 Å². The molecule has 0 unspecified atom stereocenters. The molecule has 0 saturated carbocycles. The number of thiazole rings is 1. The highest BCUT2D eigenvalue weighted by Crippen LogP contribution is 2.16. The molecule has 0 amide bonds. The van der Waals surface area contributed by atoms with Gasteiger partial charge in [-0.15, -0.1) is 11.3 Å². The van der Waals surface area contributed by atoms with Gasteiger partial charge >= 0.3 is 0 Å². The van der Waals surface area contributed by atoms with E-state index in [9.17, 15) is 0 Å². The lowest BCUT2D eigenvalue weighted by atomic mass is 10.3. The number of aromatic nitrogens is 2. The maximum atomic E-state index is 4.45. The molecule has 2 aromatic heterocycles. The molecule has 2 heterocycles. The van der Waals surface area contributed by atoms with Crippen LogP contribution in [0.5, 0.6) is 0 Å². The Labute approximate surface area is 130 Å². The van der Waals surface area contributed by atoms with Crippen LogP contribution in [0.1, 0.15) is 21.1 Å². The van der Waals surface area contributed by atoms with E-state index in [1.165, 1.54) is 10.4 Å².